The molecule has 7 heteroatoms. The van der Waals surface area contributed by atoms with Crippen LogP contribution in [0.5, 0.6) is 0 Å². The van der Waals surface area contributed by atoms with E-state index in [2.05, 4.69) is 12.0 Å². The predicted molar refractivity (Wildman–Crippen MR) is 79.8 cm³/mol. The number of hydrogen-bond acceptors (Lipinski definition) is 4. The summed E-state index contributed by atoms with van der Waals surface area (Å²) >= 11 is 0. The van der Waals surface area contributed by atoms with E-state index in [-0.39, 0.29) is 24.1 Å². The van der Waals surface area contributed by atoms with Crippen LogP contribution in [0.1, 0.15) is 49.0 Å². The highest BCUT2D eigenvalue weighted by Crippen LogP contribution is 2.22. The van der Waals surface area contributed by atoms with E-state index in [0.29, 0.717) is 19.7 Å². The summed E-state index contributed by atoms with van der Waals surface area (Å²) in [5.41, 5.74) is 0.197. The first-order valence-electron chi connectivity index (χ1n) is 7.74. The molecule has 1 aromatic rings. The van der Waals surface area contributed by atoms with Crippen LogP contribution < -0.4 is 0 Å². The molecule has 7 nitrogen and oxygen atoms in total. The summed E-state index contributed by atoms with van der Waals surface area (Å²) in [5.74, 6) is -0.940. The fraction of sp³-hybridized carbons (Fsp3) is 0.667. The Hall–Kier alpha value is -1.89. The van der Waals surface area contributed by atoms with Crippen molar-refractivity contribution in [3.63, 3.8) is 0 Å². The van der Waals surface area contributed by atoms with Crippen LogP contribution in [0.3, 0.4) is 0 Å². The molecule has 1 aromatic heterocycles. The quantitative estimate of drug-likeness (QED) is 0.773. The van der Waals surface area contributed by atoms with Crippen molar-refractivity contribution in [3.05, 3.63) is 18.0 Å². The molecule has 22 heavy (non-hydrogen) atoms. The molecule has 1 N–H and O–H groups in total. The first-order valence-corrected chi connectivity index (χ1v) is 7.74. The van der Waals surface area contributed by atoms with Crippen molar-refractivity contribution in [2.75, 3.05) is 26.3 Å². The normalized spacial score (nSPS) is 16.0. The summed E-state index contributed by atoms with van der Waals surface area (Å²) in [6.45, 7) is 4.17. The van der Waals surface area contributed by atoms with Crippen LogP contribution in [0, 0.1) is 0 Å². The van der Waals surface area contributed by atoms with E-state index in [4.69, 9.17) is 9.84 Å². The van der Waals surface area contributed by atoms with E-state index >= 15 is 0 Å². The summed E-state index contributed by atoms with van der Waals surface area (Å²) in [7, 11) is 0. The van der Waals surface area contributed by atoms with Gasteiger partial charge in [-0.3, -0.25) is 9.48 Å². The fourth-order valence-electron chi connectivity index (χ4n) is 2.53. The number of piperidine rings is 1. The maximum atomic E-state index is 12.0. The third-order valence-electron chi connectivity index (χ3n) is 3.91. The van der Waals surface area contributed by atoms with Crippen molar-refractivity contribution in [1.82, 2.24) is 14.7 Å². The van der Waals surface area contributed by atoms with Gasteiger partial charge in [-0.15, -0.1) is 0 Å². The lowest BCUT2D eigenvalue weighted by atomic mass is 10.1. The SMILES string of the molecule is CCCCOCC(=O)N1CCC(n2cc(C(=O)O)cn2)CC1. The number of carboxylic acids is 1. The number of rotatable bonds is 7. The van der Waals surface area contributed by atoms with E-state index < -0.39 is 5.97 Å². The van der Waals surface area contributed by atoms with Gasteiger partial charge < -0.3 is 14.7 Å². The number of ether oxygens (including phenoxy) is 1. The molecule has 2 rings (SSSR count). The Morgan fingerprint density at radius 3 is 2.73 bits per heavy atom. The van der Waals surface area contributed by atoms with Crippen molar-refractivity contribution in [2.24, 2.45) is 0 Å². The summed E-state index contributed by atoms with van der Waals surface area (Å²) in [5, 5.41) is 13.0. The van der Waals surface area contributed by atoms with Gasteiger partial charge in [0, 0.05) is 25.9 Å². The third kappa shape index (κ3) is 4.30. The number of carboxylic acid groups (broad SMARTS) is 1. The minimum atomic E-state index is -0.969. The Kier molecular flexibility index (Phi) is 5.94. The van der Waals surface area contributed by atoms with Gasteiger partial charge in [-0.05, 0) is 19.3 Å². The highest BCUT2D eigenvalue weighted by molar-refractivity contribution is 5.86. The van der Waals surface area contributed by atoms with E-state index in [1.165, 1.54) is 6.20 Å². The number of aromatic nitrogens is 2. The lowest BCUT2D eigenvalue weighted by molar-refractivity contribution is -0.137. The molecule has 0 saturated carbocycles. The second-order valence-electron chi connectivity index (χ2n) is 5.53. The summed E-state index contributed by atoms with van der Waals surface area (Å²) in [4.78, 5) is 24.7. The summed E-state index contributed by atoms with van der Waals surface area (Å²) in [6, 6.07) is 0.151. The largest absolute Gasteiger partial charge is 0.478 e. The van der Waals surface area contributed by atoms with Gasteiger partial charge in [0.25, 0.3) is 0 Å². The predicted octanol–water partition coefficient (Wildman–Crippen LogP) is 1.56. The molecule has 122 valence electrons. The van der Waals surface area contributed by atoms with E-state index in [9.17, 15) is 9.59 Å². The minimum Gasteiger partial charge on any atom is -0.478 e. The topological polar surface area (TPSA) is 84.7 Å². The van der Waals surface area contributed by atoms with Crippen LogP contribution in [-0.2, 0) is 9.53 Å². The van der Waals surface area contributed by atoms with Gasteiger partial charge in [0.1, 0.15) is 6.61 Å². The molecule has 0 unspecified atom stereocenters. The van der Waals surface area contributed by atoms with Gasteiger partial charge >= 0.3 is 5.97 Å². The second-order valence-corrected chi connectivity index (χ2v) is 5.53. The van der Waals surface area contributed by atoms with Gasteiger partial charge in [0.05, 0.1) is 17.8 Å². The van der Waals surface area contributed by atoms with Crippen LogP contribution in [-0.4, -0.2) is 58.0 Å². The lowest BCUT2D eigenvalue weighted by Gasteiger charge is -2.32. The average Bonchev–Trinajstić information content (AvgIpc) is 3.02. The maximum Gasteiger partial charge on any atom is 0.338 e. The number of carbonyl (C=O) groups excluding carboxylic acids is 1. The fourth-order valence-corrected chi connectivity index (χ4v) is 2.53. The molecule has 0 atom stereocenters. The van der Waals surface area contributed by atoms with Crippen molar-refractivity contribution < 1.29 is 19.4 Å². The zero-order valence-corrected chi connectivity index (χ0v) is 12.9. The van der Waals surface area contributed by atoms with Gasteiger partial charge in [0.15, 0.2) is 0 Å². The Labute approximate surface area is 129 Å². The van der Waals surface area contributed by atoms with E-state index in [1.54, 1.807) is 10.9 Å². The lowest BCUT2D eigenvalue weighted by Crippen LogP contribution is -2.41. The van der Waals surface area contributed by atoms with Crippen molar-refractivity contribution in [2.45, 2.75) is 38.6 Å². The van der Waals surface area contributed by atoms with Crippen LogP contribution in [0.15, 0.2) is 12.4 Å². The van der Waals surface area contributed by atoms with Crippen LogP contribution in [0.2, 0.25) is 0 Å². The molecule has 1 fully saturated rings. The van der Waals surface area contributed by atoms with Gasteiger partial charge in [-0.2, -0.15) is 5.10 Å². The third-order valence-corrected chi connectivity index (χ3v) is 3.91. The average molecular weight is 309 g/mol. The number of hydrogen-bond donors (Lipinski definition) is 1. The van der Waals surface area contributed by atoms with Gasteiger partial charge in [-0.1, -0.05) is 13.3 Å². The number of carbonyl (C=O) groups is 2. The Morgan fingerprint density at radius 1 is 1.41 bits per heavy atom. The van der Waals surface area contributed by atoms with Crippen molar-refractivity contribution in [1.29, 1.82) is 0 Å². The molecule has 2 heterocycles. The molecule has 0 bridgehead atoms. The van der Waals surface area contributed by atoms with Crippen LogP contribution in [0.4, 0.5) is 0 Å². The van der Waals surface area contributed by atoms with E-state index in [0.717, 1.165) is 25.7 Å². The van der Waals surface area contributed by atoms with E-state index in [1.807, 2.05) is 4.90 Å². The standard InChI is InChI=1S/C15H23N3O4/c1-2-3-8-22-11-14(19)17-6-4-13(5-7-17)18-10-12(9-16-18)15(20)21/h9-10,13H,2-8,11H2,1H3,(H,20,21). The van der Waals surface area contributed by atoms with Crippen molar-refractivity contribution in [3.8, 4) is 0 Å². The molecule has 0 aromatic carbocycles. The highest BCUT2D eigenvalue weighted by atomic mass is 16.5. The first-order chi connectivity index (χ1) is 10.6. The molecule has 0 radical (unpaired) electrons. The maximum absolute atomic E-state index is 12.0. The van der Waals surface area contributed by atoms with Crippen LogP contribution >= 0.6 is 0 Å². The molecule has 0 aliphatic carbocycles. The smallest absolute Gasteiger partial charge is 0.338 e. The van der Waals surface area contributed by atoms with Crippen molar-refractivity contribution >= 4 is 11.9 Å². The Morgan fingerprint density at radius 2 is 2.14 bits per heavy atom. The molecule has 1 saturated heterocycles. The number of amides is 1. The Bertz CT molecular complexity index is 507. The minimum absolute atomic E-state index is 0.0289. The number of likely N-dealkylation sites (tertiary alicyclic amines) is 1. The van der Waals surface area contributed by atoms with Gasteiger partial charge in [-0.25, -0.2) is 4.79 Å². The zero-order valence-electron chi connectivity index (χ0n) is 12.9. The summed E-state index contributed by atoms with van der Waals surface area (Å²) < 4.78 is 7.05. The molecule has 1 amide bonds. The molecule has 1 aliphatic heterocycles. The number of unbranched alkanes of at least 4 members (excludes halogenated alkanes) is 1. The molecular formula is C15H23N3O4. The molecule has 0 spiro atoms. The number of nitrogens with zero attached hydrogens (tertiary/aromatic N) is 3. The molecule has 1 aliphatic rings. The monoisotopic (exact) mass is 309 g/mol. The molecular weight excluding hydrogens is 286 g/mol. The highest BCUT2D eigenvalue weighted by Gasteiger charge is 2.24. The number of aromatic carboxylic acids is 1. The van der Waals surface area contributed by atoms with Gasteiger partial charge in [0.2, 0.25) is 5.91 Å². The Balaban J connectivity index is 1.77. The first kappa shape index (κ1) is 16.5. The zero-order chi connectivity index (χ0) is 15.9. The second kappa shape index (κ2) is 7.93. The van der Waals surface area contributed by atoms with Crippen LogP contribution in [0.25, 0.3) is 0 Å². The summed E-state index contributed by atoms with van der Waals surface area (Å²) in [6.07, 6.45) is 6.50.